The maximum atomic E-state index is 10.5. The van der Waals surface area contributed by atoms with Gasteiger partial charge in [0.1, 0.15) is 0 Å². The largest absolute Gasteiger partial charge is 0.438 e. The number of aromatic nitrogens is 1. The van der Waals surface area contributed by atoms with Crippen LogP contribution in [0.3, 0.4) is 0 Å². The second-order valence-electron chi connectivity index (χ2n) is 1.34. The number of nitrogen functional groups attached to an aromatic ring is 1. The van der Waals surface area contributed by atoms with Crippen molar-refractivity contribution in [3.8, 4) is 0 Å². The van der Waals surface area contributed by atoms with Gasteiger partial charge in [-0.3, -0.25) is 10.2 Å². The van der Waals surface area contributed by atoms with Gasteiger partial charge in [-0.05, 0) is 0 Å². The monoisotopic (exact) mass is 127 g/mol. The lowest BCUT2D eigenvalue weighted by Gasteiger charge is -1.88. The smallest absolute Gasteiger partial charge is 0.302 e. The van der Waals surface area contributed by atoms with Crippen molar-refractivity contribution in [1.82, 2.24) is 10.4 Å². The van der Waals surface area contributed by atoms with E-state index < -0.39 is 5.91 Å². The van der Waals surface area contributed by atoms with Gasteiger partial charge in [-0.1, -0.05) is 0 Å². The zero-order valence-electron chi connectivity index (χ0n) is 4.50. The van der Waals surface area contributed by atoms with Crippen molar-refractivity contribution in [2.45, 2.75) is 0 Å². The number of nitrogens with zero attached hydrogens (tertiary/aromatic N) is 1. The summed E-state index contributed by atoms with van der Waals surface area (Å²) in [6.45, 7) is 0. The molecule has 1 aromatic heterocycles. The molecule has 3 N–H and O–H groups in total. The number of hydrazine groups is 1. The molecule has 0 aliphatic heterocycles. The van der Waals surface area contributed by atoms with Gasteiger partial charge in [-0.25, -0.2) is 10.8 Å². The summed E-state index contributed by atoms with van der Waals surface area (Å²) in [6.07, 6.45) is 2.44. The van der Waals surface area contributed by atoms with E-state index in [4.69, 9.17) is 5.84 Å². The molecule has 0 saturated heterocycles. The van der Waals surface area contributed by atoms with Crippen LogP contribution in [-0.2, 0) is 0 Å². The maximum Gasteiger partial charge on any atom is 0.302 e. The highest BCUT2D eigenvalue weighted by Crippen LogP contribution is 1.93. The summed E-state index contributed by atoms with van der Waals surface area (Å²) in [5.41, 5.74) is 1.89. The van der Waals surface area contributed by atoms with E-state index in [0.717, 1.165) is 6.39 Å². The fourth-order valence-corrected chi connectivity index (χ4v) is 0.399. The van der Waals surface area contributed by atoms with E-state index in [2.05, 4.69) is 9.40 Å². The summed E-state index contributed by atoms with van der Waals surface area (Å²) in [5, 5.41) is 0. The predicted molar refractivity (Wildman–Crippen MR) is 28.2 cm³/mol. The van der Waals surface area contributed by atoms with Gasteiger partial charge in [0.15, 0.2) is 6.39 Å². The summed E-state index contributed by atoms with van der Waals surface area (Å²) in [4.78, 5) is 14.0. The minimum Gasteiger partial charge on any atom is -0.438 e. The van der Waals surface area contributed by atoms with Crippen LogP contribution in [0.25, 0.3) is 0 Å². The molecular formula is C4H5N3O2. The summed E-state index contributed by atoms with van der Waals surface area (Å²) < 4.78 is 4.58. The van der Waals surface area contributed by atoms with E-state index in [9.17, 15) is 4.79 Å². The zero-order chi connectivity index (χ0) is 6.69. The highest BCUT2D eigenvalue weighted by atomic mass is 16.3. The molecule has 0 fully saturated rings. The molecule has 1 rings (SSSR count). The Morgan fingerprint density at radius 1 is 1.89 bits per heavy atom. The lowest BCUT2D eigenvalue weighted by atomic mass is 10.5. The average molecular weight is 127 g/mol. The van der Waals surface area contributed by atoms with Crippen molar-refractivity contribution in [2.24, 2.45) is 5.84 Å². The molecule has 0 bridgehead atoms. The van der Waals surface area contributed by atoms with Crippen LogP contribution in [0, 0.1) is 0 Å². The van der Waals surface area contributed by atoms with Gasteiger partial charge in [0.05, 0.1) is 6.20 Å². The Kier molecular flexibility index (Phi) is 1.46. The lowest BCUT2D eigenvalue weighted by molar-refractivity contribution is 0.0926. The van der Waals surface area contributed by atoms with Crippen molar-refractivity contribution in [3.63, 3.8) is 0 Å². The standard InChI is InChI=1S/C4H5N3O2/c5-7-4(8)3-1-6-2-9-3/h1-2H,5H2,(H,7,8). The Morgan fingerprint density at radius 2 is 2.67 bits per heavy atom. The number of carbonyl (C=O) groups is 1. The molecular weight excluding hydrogens is 122 g/mol. The predicted octanol–water partition coefficient (Wildman–Crippen LogP) is -0.722. The highest BCUT2D eigenvalue weighted by molar-refractivity contribution is 5.90. The van der Waals surface area contributed by atoms with Crippen LogP contribution in [0.4, 0.5) is 0 Å². The molecule has 1 heterocycles. The van der Waals surface area contributed by atoms with Gasteiger partial charge in [0.25, 0.3) is 0 Å². The van der Waals surface area contributed by atoms with E-state index in [1.165, 1.54) is 6.20 Å². The molecule has 1 amide bonds. The summed E-state index contributed by atoms with van der Waals surface area (Å²) in [6, 6.07) is 0. The van der Waals surface area contributed by atoms with Crippen LogP contribution in [0.2, 0.25) is 0 Å². The van der Waals surface area contributed by atoms with E-state index in [-0.39, 0.29) is 5.76 Å². The number of nitrogens with two attached hydrogens (primary N) is 1. The maximum absolute atomic E-state index is 10.5. The van der Waals surface area contributed by atoms with Crippen LogP contribution >= 0.6 is 0 Å². The molecule has 0 aromatic carbocycles. The van der Waals surface area contributed by atoms with Gasteiger partial charge in [-0.15, -0.1) is 0 Å². The second kappa shape index (κ2) is 2.27. The Labute approximate surface area is 50.8 Å². The van der Waals surface area contributed by atoms with Gasteiger partial charge in [0, 0.05) is 0 Å². The Morgan fingerprint density at radius 3 is 3.11 bits per heavy atom. The lowest BCUT2D eigenvalue weighted by Crippen LogP contribution is -2.29. The minimum absolute atomic E-state index is 0.109. The Hall–Kier alpha value is -1.36. The fraction of sp³-hybridized carbons (Fsp3) is 0. The van der Waals surface area contributed by atoms with Crippen molar-refractivity contribution in [3.05, 3.63) is 18.4 Å². The first-order valence-electron chi connectivity index (χ1n) is 2.24. The van der Waals surface area contributed by atoms with Gasteiger partial charge >= 0.3 is 5.91 Å². The number of rotatable bonds is 1. The molecule has 5 heteroatoms. The number of amides is 1. The zero-order valence-corrected chi connectivity index (χ0v) is 4.50. The fourth-order valence-electron chi connectivity index (χ4n) is 0.399. The Bertz CT molecular complexity index is 194. The number of hydrogen-bond donors (Lipinski definition) is 2. The van der Waals surface area contributed by atoms with E-state index in [1.807, 2.05) is 5.43 Å². The molecule has 0 spiro atoms. The molecule has 0 atom stereocenters. The van der Waals surface area contributed by atoms with E-state index >= 15 is 0 Å². The molecule has 0 aliphatic carbocycles. The van der Waals surface area contributed by atoms with Crippen LogP contribution in [-0.4, -0.2) is 10.9 Å². The molecule has 1 aromatic rings. The minimum atomic E-state index is -0.479. The second-order valence-corrected chi connectivity index (χ2v) is 1.34. The van der Waals surface area contributed by atoms with Crippen LogP contribution in [0.15, 0.2) is 17.0 Å². The normalized spacial score (nSPS) is 9.00. The van der Waals surface area contributed by atoms with Crippen molar-refractivity contribution >= 4 is 5.91 Å². The highest BCUT2D eigenvalue weighted by Gasteiger charge is 2.04. The molecule has 48 valence electrons. The SMILES string of the molecule is NNC(=O)c1cnco1. The quantitative estimate of drug-likeness (QED) is 0.296. The number of carbonyl (C=O) groups excluding carboxylic acids is 1. The van der Waals surface area contributed by atoms with Crippen molar-refractivity contribution in [2.75, 3.05) is 0 Å². The summed E-state index contributed by atoms with van der Waals surface area (Å²) in [5.74, 6) is 4.41. The topological polar surface area (TPSA) is 81.1 Å². The van der Waals surface area contributed by atoms with Crippen LogP contribution < -0.4 is 11.3 Å². The number of nitrogens with one attached hydrogen (secondary N) is 1. The molecule has 0 saturated carbocycles. The van der Waals surface area contributed by atoms with Crippen LogP contribution in [0.1, 0.15) is 10.6 Å². The van der Waals surface area contributed by atoms with E-state index in [0.29, 0.717) is 0 Å². The van der Waals surface area contributed by atoms with Crippen LogP contribution in [0.5, 0.6) is 0 Å². The third-order valence-electron chi connectivity index (χ3n) is 0.787. The molecule has 0 unspecified atom stereocenters. The van der Waals surface area contributed by atoms with Gasteiger partial charge < -0.3 is 4.42 Å². The van der Waals surface area contributed by atoms with Gasteiger partial charge in [-0.2, -0.15) is 0 Å². The molecule has 0 radical (unpaired) electrons. The van der Waals surface area contributed by atoms with Crippen molar-refractivity contribution < 1.29 is 9.21 Å². The third-order valence-corrected chi connectivity index (χ3v) is 0.787. The molecule has 5 nitrogen and oxygen atoms in total. The first-order chi connectivity index (χ1) is 4.34. The van der Waals surface area contributed by atoms with Gasteiger partial charge in [0.2, 0.25) is 5.76 Å². The molecule has 0 aliphatic rings. The average Bonchev–Trinajstić information content (AvgIpc) is 2.37. The first-order valence-corrected chi connectivity index (χ1v) is 2.24. The van der Waals surface area contributed by atoms with E-state index in [1.54, 1.807) is 0 Å². The number of oxazole rings is 1. The molecule has 9 heavy (non-hydrogen) atoms. The summed E-state index contributed by atoms with van der Waals surface area (Å²) >= 11 is 0. The third kappa shape index (κ3) is 1.06. The summed E-state index contributed by atoms with van der Waals surface area (Å²) in [7, 11) is 0. The Balaban J connectivity index is 2.77. The number of hydrogen-bond acceptors (Lipinski definition) is 4. The van der Waals surface area contributed by atoms with Crippen molar-refractivity contribution in [1.29, 1.82) is 0 Å². The first kappa shape index (κ1) is 5.77.